The van der Waals surface area contributed by atoms with Crippen molar-refractivity contribution in [1.29, 1.82) is 0 Å². The summed E-state index contributed by atoms with van der Waals surface area (Å²) in [6.45, 7) is 10.0. The number of fused-ring (bicyclic) bond motifs is 1. The highest BCUT2D eigenvalue weighted by Gasteiger charge is 2.35. The zero-order valence-corrected chi connectivity index (χ0v) is 30.8. The number of hydrogen-bond acceptors (Lipinski definition) is 9. The van der Waals surface area contributed by atoms with Crippen LogP contribution >= 0.6 is 11.3 Å². The van der Waals surface area contributed by atoms with Crippen LogP contribution in [0.5, 0.6) is 17.2 Å². The number of carbonyl (C=O) groups is 1. The van der Waals surface area contributed by atoms with Gasteiger partial charge >= 0.3 is 6.09 Å². The molecule has 1 amide bonds. The van der Waals surface area contributed by atoms with Crippen LogP contribution in [0.2, 0.25) is 0 Å². The lowest BCUT2D eigenvalue weighted by atomic mass is 9.87. The van der Waals surface area contributed by atoms with Gasteiger partial charge in [-0.1, -0.05) is 24.3 Å². The first-order chi connectivity index (χ1) is 24.2. The molecule has 1 fully saturated rings. The van der Waals surface area contributed by atoms with Crippen LogP contribution in [0.1, 0.15) is 62.6 Å². The molecular formula is C40H51NO8S. The van der Waals surface area contributed by atoms with Gasteiger partial charge < -0.3 is 38.1 Å². The SMILES string of the molecule is COCCCOc1cc(COC2CN(C(=O)OC(C)(C)C)CCC2c2ccc(OCCCOCc3ccsc3)cc2)cc2c(OC)cccc12. The van der Waals surface area contributed by atoms with Crippen molar-refractivity contribution in [3.8, 4) is 17.2 Å². The molecule has 1 aliphatic rings. The molecule has 9 nitrogen and oxygen atoms in total. The van der Waals surface area contributed by atoms with E-state index < -0.39 is 5.60 Å². The van der Waals surface area contributed by atoms with E-state index in [1.54, 1.807) is 30.5 Å². The van der Waals surface area contributed by atoms with Crippen LogP contribution in [0, 0.1) is 0 Å². The van der Waals surface area contributed by atoms with Gasteiger partial charge in [0.15, 0.2) is 0 Å². The predicted molar refractivity (Wildman–Crippen MR) is 197 cm³/mol. The number of carbonyl (C=O) groups excluding carboxylic acids is 1. The fraction of sp³-hybridized carbons (Fsp3) is 0.475. The molecule has 50 heavy (non-hydrogen) atoms. The van der Waals surface area contributed by atoms with E-state index in [4.69, 9.17) is 33.2 Å². The van der Waals surface area contributed by atoms with Crippen LogP contribution < -0.4 is 14.2 Å². The van der Waals surface area contributed by atoms with E-state index in [1.165, 1.54) is 5.56 Å². The fourth-order valence-electron chi connectivity index (χ4n) is 6.04. The number of methoxy groups -OCH3 is 2. The molecule has 0 radical (unpaired) electrons. The molecular weight excluding hydrogens is 655 g/mol. The summed E-state index contributed by atoms with van der Waals surface area (Å²) in [7, 11) is 3.36. The molecule has 0 N–H and O–H groups in total. The summed E-state index contributed by atoms with van der Waals surface area (Å²) in [6.07, 6.45) is 1.75. The van der Waals surface area contributed by atoms with Gasteiger partial charge in [-0.25, -0.2) is 4.79 Å². The fourth-order valence-corrected chi connectivity index (χ4v) is 6.69. The van der Waals surface area contributed by atoms with Gasteiger partial charge in [0.2, 0.25) is 0 Å². The highest BCUT2D eigenvalue weighted by atomic mass is 32.1. The van der Waals surface area contributed by atoms with E-state index in [2.05, 4.69) is 35.0 Å². The molecule has 270 valence electrons. The molecule has 1 saturated heterocycles. The quantitative estimate of drug-likeness (QED) is 0.101. The summed E-state index contributed by atoms with van der Waals surface area (Å²) in [5.41, 5.74) is 2.73. The zero-order chi connectivity index (χ0) is 35.3. The number of rotatable bonds is 17. The second-order valence-corrected chi connectivity index (χ2v) is 14.3. The maximum atomic E-state index is 13.1. The van der Waals surface area contributed by atoms with Gasteiger partial charge in [-0.3, -0.25) is 0 Å². The number of piperidine rings is 1. The van der Waals surface area contributed by atoms with Crippen LogP contribution in [0.15, 0.2) is 71.4 Å². The second kappa shape index (κ2) is 18.4. The third-order valence-corrected chi connectivity index (χ3v) is 9.21. The smallest absolute Gasteiger partial charge is 0.410 e. The highest BCUT2D eigenvalue weighted by Crippen LogP contribution is 2.36. The van der Waals surface area contributed by atoms with Crippen molar-refractivity contribution >= 4 is 28.2 Å². The average molecular weight is 706 g/mol. The minimum absolute atomic E-state index is 0.0769. The lowest BCUT2D eigenvalue weighted by Crippen LogP contribution is -2.48. The van der Waals surface area contributed by atoms with Crippen LogP contribution in [-0.4, -0.2) is 76.4 Å². The Morgan fingerprint density at radius 1 is 0.860 bits per heavy atom. The van der Waals surface area contributed by atoms with Gasteiger partial charge in [-0.15, -0.1) is 0 Å². The van der Waals surface area contributed by atoms with Crippen molar-refractivity contribution in [2.45, 2.75) is 70.9 Å². The number of ether oxygens (including phenoxy) is 7. The first-order valence-electron chi connectivity index (χ1n) is 17.4. The molecule has 3 aromatic carbocycles. The van der Waals surface area contributed by atoms with Gasteiger partial charge in [-0.2, -0.15) is 11.3 Å². The molecule has 5 rings (SSSR count). The number of likely N-dealkylation sites (tertiary alicyclic amines) is 1. The summed E-state index contributed by atoms with van der Waals surface area (Å²) < 4.78 is 41.4. The zero-order valence-electron chi connectivity index (χ0n) is 30.0. The van der Waals surface area contributed by atoms with E-state index >= 15 is 0 Å². The minimum Gasteiger partial charge on any atom is -0.496 e. The molecule has 2 atom stereocenters. The van der Waals surface area contributed by atoms with Crippen molar-refractivity contribution in [2.24, 2.45) is 0 Å². The average Bonchev–Trinajstić information content (AvgIpc) is 3.63. The van der Waals surface area contributed by atoms with Crippen LogP contribution in [-0.2, 0) is 32.2 Å². The number of hydrogen-bond donors (Lipinski definition) is 0. The summed E-state index contributed by atoms with van der Waals surface area (Å²) >= 11 is 1.68. The van der Waals surface area contributed by atoms with E-state index in [9.17, 15) is 4.79 Å². The number of thiophene rings is 1. The molecule has 0 spiro atoms. The Morgan fingerprint density at radius 3 is 2.40 bits per heavy atom. The van der Waals surface area contributed by atoms with E-state index in [0.29, 0.717) is 52.7 Å². The Balaban J connectivity index is 1.27. The predicted octanol–water partition coefficient (Wildman–Crippen LogP) is 8.62. The number of amides is 1. The second-order valence-electron chi connectivity index (χ2n) is 13.5. The van der Waals surface area contributed by atoms with E-state index in [1.807, 2.05) is 57.2 Å². The summed E-state index contributed by atoms with van der Waals surface area (Å²) in [4.78, 5) is 14.9. The van der Waals surface area contributed by atoms with Crippen LogP contribution in [0.3, 0.4) is 0 Å². The standard InChI is InChI=1S/C40H51NO8S/c1-40(2,3)49-39(42)41-17-15-33(31-11-13-32(14-12-31)46-20-8-19-45-26-29-16-22-50-28-29)38(25-41)48-27-30-23-35-34(9-6-10-36(35)44-5)37(24-30)47-21-7-18-43-4/h6,9-14,16,22-24,28,33,38H,7-8,15,17-21,25-27H2,1-5H3. The molecule has 2 heterocycles. The van der Waals surface area contributed by atoms with Crippen LogP contribution in [0.4, 0.5) is 4.79 Å². The first kappa shape index (κ1) is 37.4. The first-order valence-corrected chi connectivity index (χ1v) is 18.3. The van der Waals surface area contributed by atoms with Gasteiger partial charge in [0.05, 0.1) is 52.8 Å². The topological polar surface area (TPSA) is 84.9 Å². The van der Waals surface area contributed by atoms with E-state index in [-0.39, 0.29) is 18.1 Å². The van der Waals surface area contributed by atoms with Crippen molar-refractivity contribution in [2.75, 3.05) is 53.7 Å². The van der Waals surface area contributed by atoms with Crippen molar-refractivity contribution < 1.29 is 38.0 Å². The number of benzene rings is 3. The van der Waals surface area contributed by atoms with Crippen molar-refractivity contribution in [3.05, 3.63) is 88.1 Å². The molecule has 10 heteroatoms. The van der Waals surface area contributed by atoms with Gasteiger partial charge in [0, 0.05) is 49.8 Å². The summed E-state index contributed by atoms with van der Waals surface area (Å²) in [6, 6.07) is 20.4. The van der Waals surface area contributed by atoms with Gasteiger partial charge in [0.1, 0.15) is 22.8 Å². The molecule has 0 bridgehead atoms. The largest absolute Gasteiger partial charge is 0.496 e. The molecule has 2 unspecified atom stereocenters. The van der Waals surface area contributed by atoms with Crippen molar-refractivity contribution in [1.82, 2.24) is 4.90 Å². The molecule has 1 aromatic heterocycles. The normalized spacial score (nSPS) is 16.4. The maximum absolute atomic E-state index is 13.1. The van der Waals surface area contributed by atoms with E-state index in [0.717, 1.165) is 58.4 Å². The van der Waals surface area contributed by atoms with Gasteiger partial charge in [-0.05, 0) is 91.0 Å². The third kappa shape index (κ3) is 10.8. The minimum atomic E-state index is -0.583. The highest BCUT2D eigenvalue weighted by molar-refractivity contribution is 7.07. The lowest BCUT2D eigenvalue weighted by molar-refractivity contribution is -0.0359. The molecule has 0 aliphatic carbocycles. The molecule has 0 saturated carbocycles. The van der Waals surface area contributed by atoms with Crippen LogP contribution in [0.25, 0.3) is 10.8 Å². The molecule has 1 aliphatic heterocycles. The van der Waals surface area contributed by atoms with Gasteiger partial charge in [0.25, 0.3) is 0 Å². The monoisotopic (exact) mass is 705 g/mol. The number of nitrogens with zero attached hydrogens (tertiary/aromatic N) is 1. The lowest BCUT2D eigenvalue weighted by Gasteiger charge is -2.39. The Labute approximate surface area is 300 Å². The summed E-state index contributed by atoms with van der Waals surface area (Å²) in [5.74, 6) is 2.44. The summed E-state index contributed by atoms with van der Waals surface area (Å²) in [5, 5.41) is 6.10. The third-order valence-electron chi connectivity index (χ3n) is 8.48. The Kier molecular flexibility index (Phi) is 13.8. The molecule has 4 aromatic rings. The Hall–Kier alpha value is -3.83. The Morgan fingerprint density at radius 2 is 1.66 bits per heavy atom. The van der Waals surface area contributed by atoms with Crippen molar-refractivity contribution in [3.63, 3.8) is 0 Å². The maximum Gasteiger partial charge on any atom is 0.410 e. The Bertz CT molecular complexity index is 1620.